The van der Waals surface area contributed by atoms with Crippen LogP contribution >= 0.6 is 23.2 Å². The third kappa shape index (κ3) is 2.76. The lowest BCUT2D eigenvalue weighted by atomic mass is 9.97. The van der Waals surface area contributed by atoms with Crippen molar-refractivity contribution in [2.24, 2.45) is 0 Å². The summed E-state index contributed by atoms with van der Waals surface area (Å²) in [5.41, 5.74) is 1.12. The molecule has 0 fully saturated rings. The van der Waals surface area contributed by atoms with Gasteiger partial charge in [-0.25, -0.2) is 0 Å². The summed E-state index contributed by atoms with van der Waals surface area (Å²) in [5, 5.41) is 1.32. The Morgan fingerprint density at radius 1 is 1.36 bits per heavy atom. The molecular formula is C12H14Cl2. The van der Waals surface area contributed by atoms with Crippen LogP contribution in [0.1, 0.15) is 31.7 Å². The van der Waals surface area contributed by atoms with Crippen LogP contribution in [0.4, 0.5) is 0 Å². The molecule has 1 aromatic rings. The van der Waals surface area contributed by atoms with Gasteiger partial charge in [-0.15, -0.1) is 0 Å². The van der Waals surface area contributed by atoms with E-state index < -0.39 is 0 Å². The highest BCUT2D eigenvalue weighted by Gasteiger charge is 2.09. The number of rotatable bonds is 3. The number of benzene rings is 1. The lowest BCUT2D eigenvalue weighted by Crippen LogP contribution is -1.93. The lowest BCUT2D eigenvalue weighted by molar-refractivity contribution is 0.780. The average molecular weight is 229 g/mol. The Morgan fingerprint density at radius 3 is 2.71 bits per heavy atom. The van der Waals surface area contributed by atoms with Crippen LogP contribution in [0, 0.1) is 0 Å². The molecule has 1 atom stereocenters. The van der Waals surface area contributed by atoms with Gasteiger partial charge in [-0.05, 0) is 30.9 Å². The van der Waals surface area contributed by atoms with Gasteiger partial charge in [0.15, 0.2) is 0 Å². The first kappa shape index (κ1) is 11.6. The summed E-state index contributed by atoms with van der Waals surface area (Å²) in [4.78, 5) is 0. The second-order valence-corrected chi connectivity index (χ2v) is 4.13. The van der Waals surface area contributed by atoms with Crippen LogP contribution < -0.4 is 0 Å². The Bertz CT molecular complexity index is 329. The van der Waals surface area contributed by atoms with Crippen molar-refractivity contribution in [3.8, 4) is 0 Å². The van der Waals surface area contributed by atoms with Crippen LogP contribution in [0.3, 0.4) is 0 Å². The summed E-state index contributed by atoms with van der Waals surface area (Å²) in [6, 6.07) is 5.79. The second-order valence-electron chi connectivity index (χ2n) is 3.35. The minimum Gasteiger partial charge on any atom is -0.0916 e. The third-order valence-electron chi connectivity index (χ3n) is 2.24. The molecule has 2 heteroatoms. The van der Waals surface area contributed by atoms with Crippen LogP contribution in [0.2, 0.25) is 10.0 Å². The van der Waals surface area contributed by atoms with Crippen LogP contribution in [0.25, 0.3) is 0 Å². The van der Waals surface area contributed by atoms with Gasteiger partial charge >= 0.3 is 0 Å². The van der Waals surface area contributed by atoms with Crippen molar-refractivity contribution in [3.05, 3.63) is 46.0 Å². The fraction of sp³-hybridized carbons (Fsp3) is 0.333. The topological polar surface area (TPSA) is 0 Å². The maximum atomic E-state index is 6.11. The molecule has 1 rings (SSSR count). The minimum absolute atomic E-state index is 0.414. The molecule has 0 aliphatic heterocycles. The third-order valence-corrected chi connectivity index (χ3v) is 3.07. The minimum atomic E-state index is 0.414. The molecule has 0 bridgehead atoms. The number of allylic oxidation sites excluding steroid dienone is 2. The lowest BCUT2D eigenvalue weighted by Gasteiger charge is -2.11. The molecule has 1 aromatic carbocycles. The van der Waals surface area contributed by atoms with E-state index in [0.29, 0.717) is 16.0 Å². The second kappa shape index (κ2) is 5.43. The molecule has 0 saturated heterocycles. The number of halogens is 2. The van der Waals surface area contributed by atoms with E-state index >= 15 is 0 Å². The SMILES string of the molecule is C/C=C\CC(C)c1cccc(Cl)c1Cl. The van der Waals surface area contributed by atoms with Crippen LogP contribution in [-0.4, -0.2) is 0 Å². The summed E-state index contributed by atoms with van der Waals surface area (Å²) in [5.74, 6) is 0.414. The Balaban J connectivity index is 2.89. The molecule has 0 nitrogen and oxygen atoms in total. The van der Waals surface area contributed by atoms with Gasteiger partial charge in [0.1, 0.15) is 0 Å². The van der Waals surface area contributed by atoms with E-state index in [-0.39, 0.29) is 0 Å². The van der Waals surface area contributed by atoms with Gasteiger partial charge in [0, 0.05) is 0 Å². The van der Waals surface area contributed by atoms with Gasteiger partial charge in [-0.3, -0.25) is 0 Å². The van der Waals surface area contributed by atoms with Crippen molar-refractivity contribution < 1.29 is 0 Å². The van der Waals surface area contributed by atoms with E-state index in [9.17, 15) is 0 Å². The van der Waals surface area contributed by atoms with Crippen molar-refractivity contribution in [3.63, 3.8) is 0 Å². The zero-order valence-corrected chi connectivity index (χ0v) is 9.94. The highest BCUT2D eigenvalue weighted by atomic mass is 35.5. The Hall–Kier alpha value is -0.460. The van der Waals surface area contributed by atoms with Gasteiger partial charge in [0.05, 0.1) is 10.0 Å². The normalized spacial score (nSPS) is 13.4. The Morgan fingerprint density at radius 2 is 2.07 bits per heavy atom. The zero-order valence-electron chi connectivity index (χ0n) is 8.43. The first-order valence-electron chi connectivity index (χ1n) is 4.72. The molecule has 0 aliphatic rings. The molecule has 0 heterocycles. The number of hydrogen-bond acceptors (Lipinski definition) is 0. The largest absolute Gasteiger partial charge is 0.0916 e. The summed E-state index contributed by atoms with van der Waals surface area (Å²) < 4.78 is 0. The number of hydrogen-bond donors (Lipinski definition) is 0. The van der Waals surface area contributed by atoms with Gasteiger partial charge in [-0.2, -0.15) is 0 Å². The molecular weight excluding hydrogens is 215 g/mol. The summed E-state index contributed by atoms with van der Waals surface area (Å²) >= 11 is 12.1. The molecule has 14 heavy (non-hydrogen) atoms. The van der Waals surface area contributed by atoms with Crippen molar-refractivity contribution in [1.29, 1.82) is 0 Å². The summed E-state index contributed by atoms with van der Waals surface area (Å²) in [7, 11) is 0. The zero-order chi connectivity index (χ0) is 10.6. The molecule has 0 saturated carbocycles. The smallest absolute Gasteiger partial charge is 0.0627 e. The first-order valence-corrected chi connectivity index (χ1v) is 5.47. The van der Waals surface area contributed by atoms with Crippen LogP contribution in [0.15, 0.2) is 30.4 Å². The van der Waals surface area contributed by atoms with E-state index in [1.165, 1.54) is 0 Å². The van der Waals surface area contributed by atoms with Crippen molar-refractivity contribution >= 4 is 23.2 Å². The molecule has 0 aromatic heterocycles. The predicted molar refractivity (Wildman–Crippen MR) is 64.3 cm³/mol. The molecule has 0 aliphatic carbocycles. The van der Waals surface area contributed by atoms with Gasteiger partial charge in [0.2, 0.25) is 0 Å². The highest BCUT2D eigenvalue weighted by Crippen LogP contribution is 2.32. The van der Waals surface area contributed by atoms with Crippen molar-refractivity contribution in [2.75, 3.05) is 0 Å². The predicted octanol–water partition coefficient (Wildman–Crippen LogP) is 5.06. The van der Waals surface area contributed by atoms with E-state index in [4.69, 9.17) is 23.2 Å². The quantitative estimate of drug-likeness (QED) is 0.635. The monoisotopic (exact) mass is 228 g/mol. The standard InChI is InChI=1S/C12H14Cl2/c1-3-4-6-9(2)10-7-5-8-11(13)12(10)14/h3-5,7-9H,6H2,1-2H3/b4-3-. The van der Waals surface area contributed by atoms with Gasteiger partial charge < -0.3 is 0 Å². The molecule has 1 unspecified atom stereocenters. The highest BCUT2D eigenvalue weighted by molar-refractivity contribution is 6.42. The Kier molecular flexibility index (Phi) is 4.50. The fourth-order valence-corrected chi connectivity index (χ4v) is 1.86. The van der Waals surface area contributed by atoms with Crippen LogP contribution in [0.5, 0.6) is 0 Å². The van der Waals surface area contributed by atoms with Gasteiger partial charge in [-0.1, -0.05) is 54.4 Å². The van der Waals surface area contributed by atoms with E-state index in [0.717, 1.165) is 12.0 Å². The molecule has 0 radical (unpaired) electrons. The maximum Gasteiger partial charge on any atom is 0.0627 e. The Labute approximate surface area is 95.5 Å². The van der Waals surface area contributed by atoms with Crippen LogP contribution in [-0.2, 0) is 0 Å². The molecule has 76 valence electrons. The summed E-state index contributed by atoms with van der Waals surface area (Å²) in [6.07, 6.45) is 5.19. The summed E-state index contributed by atoms with van der Waals surface area (Å²) in [6.45, 7) is 4.17. The van der Waals surface area contributed by atoms with E-state index in [1.807, 2.05) is 25.1 Å². The maximum absolute atomic E-state index is 6.11. The van der Waals surface area contributed by atoms with E-state index in [2.05, 4.69) is 19.1 Å². The van der Waals surface area contributed by atoms with Crippen molar-refractivity contribution in [2.45, 2.75) is 26.2 Å². The molecule has 0 amide bonds. The fourth-order valence-electron chi connectivity index (χ4n) is 1.37. The first-order chi connectivity index (χ1) is 6.66. The van der Waals surface area contributed by atoms with Gasteiger partial charge in [0.25, 0.3) is 0 Å². The van der Waals surface area contributed by atoms with E-state index in [1.54, 1.807) is 0 Å². The molecule has 0 N–H and O–H groups in total. The average Bonchev–Trinajstić information content (AvgIpc) is 2.18. The molecule has 0 spiro atoms. The van der Waals surface area contributed by atoms with Crippen molar-refractivity contribution in [1.82, 2.24) is 0 Å².